The minimum absolute atomic E-state index is 1.15. The summed E-state index contributed by atoms with van der Waals surface area (Å²) >= 11 is 31.4. The van der Waals surface area contributed by atoms with Gasteiger partial charge >= 0.3 is 0 Å². The van der Waals surface area contributed by atoms with Crippen LogP contribution in [-0.4, -0.2) is 25.0 Å². The van der Waals surface area contributed by atoms with Crippen LogP contribution in [0.1, 0.15) is 12.8 Å². The van der Waals surface area contributed by atoms with Gasteiger partial charge in [-0.25, -0.2) is 0 Å². The van der Waals surface area contributed by atoms with E-state index >= 15 is 0 Å². The Kier molecular flexibility index (Phi) is 11.3. The predicted molar refractivity (Wildman–Crippen MR) is 220 cm³/mol. The molecule has 0 radical (unpaired) electrons. The Bertz CT molecular complexity index is 1290. The van der Waals surface area contributed by atoms with E-state index in [1.807, 2.05) is 188 Å². The lowest BCUT2D eigenvalue weighted by Crippen LogP contribution is -1.93. The Hall–Kier alpha value is 3.26. The van der Waals surface area contributed by atoms with E-state index in [1.165, 1.54) is 70.5 Å². The van der Waals surface area contributed by atoms with Gasteiger partial charge in [-0.05, 0) is 49.0 Å². The van der Waals surface area contributed by atoms with Crippen LogP contribution in [0.15, 0.2) is 82.6 Å². The minimum atomic E-state index is 1.15. The van der Waals surface area contributed by atoms with Crippen LogP contribution in [0.4, 0.5) is 0 Å². The van der Waals surface area contributed by atoms with Crippen LogP contribution < -0.4 is 0 Å². The summed E-state index contributed by atoms with van der Waals surface area (Å²) in [5.41, 5.74) is 3.04. The third-order valence-electron chi connectivity index (χ3n) is 5.64. The summed E-state index contributed by atoms with van der Waals surface area (Å²) in [5, 5.41) is 0. The molecular formula is C24H18S16. The van der Waals surface area contributed by atoms with Crippen LogP contribution in [0, 0.1) is 0 Å². The summed E-state index contributed by atoms with van der Waals surface area (Å²) in [6, 6.07) is 0. The first kappa shape index (κ1) is 31.8. The van der Waals surface area contributed by atoms with Crippen LogP contribution in [0.2, 0.25) is 0 Å². The molecular weight excluding hydrogens is 801 g/mol. The summed E-state index contributed by atoms with van der Waals surface area (Å²) in [6.07, 6.45) is 15.9. The van der Waals surface area contributed by atoms with Gasteiger partial charge in [-0.1, -0.05) is 153 Å². The van der Waals surface area contributed by atoms with Crippen LogP contribution >= 0.6 is 188 Å². The topological polar surface area (TPSA) is 0 Å². The Morgan fingerprint density at radius 3 is 0.800 bits per heavy atom. The van der Waals surface area contributed by atoms with Gasteiger partial charge in [0.1, 0.15) is 0 Å². The Morgan fingerprint density at radius 2 is 0.575 bits per heavy atom. The average molecular weight is 819 g/mol. The molecule has 0 fully saturated rings. The smallest absolute Gasteiger partial charge is 0.0718 e. The molecule has 0 atom stereocenters. The molecule has 16 heteroatoms. The number of hydrogen-bond donors (Lipinski definition) is 0. The number of rotatable bonds is 4. The van der Waals surface area contributed by atoms with E-state index in [-0.39, 0.29) is 0 Å². The van der Waals surface area contributed by atoms with Gasteiger partial charge in [0.25, 0.3) is 0 Å². The van der Waals surface area contributed by atoms with Gasteiger partial charge in [0.05, 0.1) is 59.3 Å². The molecule has 210 valence electrons. The van der Waals surface area contributed by atoms with Gasteiger partial charge in [0.2, 0.25) is 0 Å². The quantitative estimate of drug-likeness (QED) is 0.264. The molecule has 1 aliphatic carbocycles. The van der Waals surface area contributed by atoms with Crippen LogP contribution in [0.5, 0.6) is 0 Å². The van der Waals surface area contributed by atoms with E-state index in [0.29, 0.717) is 0 Å². The monoisotopic (exact) mass is 818 g/mol. The second-order valence-electron chi connectivity index (χ2n) is 7.95. The highest BCUT2D eigenvalue weighted by atomic mass is 32.3. The molecule has 0 nitrogen and oxygen atoms in total. The summed E-state index contributed by atoms with van der Waals surface area (Å²) in [6.45, 7) is 0. The third kappa shape index (κ3) is 6.52. The molecule has 0 amide bonds. The molecule has 0 aromatic carbocycles. The second-order valence-corrected chi connectivity index (χ2v) is 27.1. The van der Waals surface area contributed by atoms with Crippen molar-refractivity contribution in [1.82, 2.24) is 0 Å². The van der Waals surface area contributed by atoms with Gasteiger partial charge in [-0.15, -0.1) is 47.0 Å². The molecule has 7 rings (SSSR count). The van der Waals surface area contributed by atoms with E-state index in [1.54, 1.807) is 0 Å². The Labute approximate surface area is 304 Å². The molecule has 0 saturated carbocycles. The van der Waals surface area contributed by atoms with Gasteiger partial charge < -0.3 is 0 Å². The maximum atomic E-state index is 2.41. The van der Waals surface area contributed by atoms with Crippen LogP contribution in [-0.2, 0) is 0 Å². The second kappa shape index (κ2) is 14.2. The summed E-state index contributed by atoms with van der Waals surface area (Å²) in [7, 11) is 0. The lowest BCUT2D eigenvalue weighted by molar-refractivity contribution is 0.949. The van der Waals surface area contributed by atoms with Crippen molar-refractivity contribution >= 4 is 188 Å². The fourth-order valence-corrected chi connectivity index (χ4v) is 27.2. The van der Waals surface area contributed by atoms with E-state index < -0.39 is 0 Å². The standard InChI is InChI=1S/C24H18S16/c1-25-13-14(26-2)34-21(33-13)23-37-17-18(38-23)30-11(29-17)9-5-7-10(8-6-9)12-31-19-20(32-12)40-24(39-19)22-35-15(27-3)16(28-4)36-22/h5,7H,6,8H2,1-4H3. The van der Waals surface area contributed by atoms with Gasteiger partial charge in [0, 0.05) is 0 Å². The molecule has 40 heavy (non-hydrogen) atoms. The molecule has 0 saturated heterocycles. The molecule has 0 N–H and O–H groups in total. The predicted octanol–water partition coefficient (Wildman–Crippen LogP) is 14.9. The highest BCUT2D eigenvalue weighted by Gasteiger charge is 2.37. The number of thioether (sulfide) groups is 16. The first-order chi connectivity index (χ1) is 19.6. The summed E-state index contributed by atoms with van der Waals surface area (Å²) in [4.78, 5) is 0. The van der Waals surface area contributed by atoms with Crippen molar-refractivity contribution in [2.75, 3.05) is 25.0 Å². The maximum absolute atomic E-state index is 2.41. The van der Waals surface area contributed by atoms with E-state index in [2.05, 4.69) is 37.2 Å². The molecule has 0 aromatic heterocycles. The molecule has 6 heterocycles. The van der Waals surface area contributed by atoms with Crippen molar-refractivity contribution in [3.63, 3.8) is 0 Å². The highest BCUT2D eigenvalue weighted by Crippen LogP contribution is 2.73. The Balaban J connectivity index is 0.965. The van der Waals surface area contributed by atoms with E-state index in [4.69, 9.17) is 0 Å². The molecule has 0 bridgehead atoms. The van der Waals surface area contributed by atoms with Gasteiger partial charge in [-0.2, -0.15) is 0 Å². The first-order valence-corrected chi connectivity index (χ1v) is 26.2. The molecule has 0 unspecified atom stereocenters. The molecule has 0 aromatic rings. The zero-order valence-electron chi connectivity index (χ0n) is 21.1. The number of allylic oxidation sites excluding steroid dienone is 4. The number of hydrogen-bond acceptors (Lipinski definition) is 16. The molecule has 0 spiro atoms. The molecule has 6 aliphatic heterocycles. The van der Waals surface area contributed by atoms with Crippen molar-refractivity contribution in [3.05, 3.63) is 82.6 Å². The minimum Gasteiger partial charge on any atom is -0.121 e. The largest absolute Gasteiger partial charge is 0.121 e. The van der Waals surface area contributed by atoms with Crippen molar-refractivity contribution in [2.45, 2.75) is 12.8 Å². The average Bonchev–Trinajstić information content (AvgIpc) is 3.80. The fourth-order valence-electron chi connectivity index (χ4n) is 3.79. The molecule has 7 aliphatic rings. The highest BCUT2D eigenvalue weighted by molar-refractivity contribution is 8.51. The third-order valence-corrected chi connectivity index (χ3v) is 28.6. The normalized spacial score (nSPS) is 25.1. The van der Waals surface area contributed by atoms with E-state index in [9.17, 15) is 0 Å². The zero-order valence-corrected chi connectivity index (χ0v) is 34.2. The van der Waals surface area contributed by atoms with Crippen LogP contribution in [0.3, 0.4) is 0 Å². The maximum Gasteiger partial charge on any atom is 0.0718 e. The summed E-state index contributed by atoms with van der Waals surface area (Å²) < 4.78 is 20.7. The lowest BCUT2D eigenvalue weighted by Gasteiger charge is -2.16. The van der Waals surface area contributed by atoms with E-state index in [0.717, 1.165) is 12.8 Å². The summed E-state index contributed by atoms with van der Waals surface area (Å²) in [5.74, 6) is 0. The first-order valence-electron chi connectivity index (χ1n) is 11.5. The van der Waals surface area contributed by atoms with Crippen LogP contribution in [0.25, 0.3) is 0 Å². The fraction of sp³-hybridized carbons (Fsp3) is 0.250. The lowest BCUT2D eigenvalue weighted by atomic mass is 10.00. The Morgan fingerprint density at radius 1 is 0.350 bits per heavy atom. The van der Waals surface area contributed by atoms with Crippen molar-refractivity contribution in [1.29, 1.82) is 0 Å². The van der Waals surface area contributed by atoms with Gasteiger partial charge in [0.15, 0.2) is 0 Å². The van der Waals surface area contributed by atoms with Crippen molar-refractivity contribution < 1.29 is 0 Å². The SMILES string of the molecule is CSC1=C(SC)SC(=C2SC3=C(SC(=C4C=CC(=C5SC6=C(S5)SC(=C5SC(SC)=C(SC)S5)S6)CC4)S3)S2)S1. The van der Waals surface area contributed by atoms with Crippen molar-refractivity contribution in [2.24, 2.45) is 0 Å². The zero-order chi connectivity index (χ0) is 27.4. The van der Waals surface area contributed by atoms with Gasteiger partial charge in [-0.3, -0.25) is 0 Å². The van der Waals surface area contributed by atoms with Crippen molar-refractivity contribution in [3.8, 4) is 0 Å².